The maximum Gasteiger partial charge on any atom is 0.486 e. The van der Waals surface area contributed by atoms with Crippen LogP contribution < -0.4 is 0 Å². The lowest BCUT2D eigenvalue weighted by molar-refractivity contribution is 0.00578. The highest BCUT2D eigenvalue weighted by atomic mass is 16.7. The minimum absolute atomic E-state index is 0.174. The Morgan fingerprint density at radius 2 is 1.57 bits per heavy atom. The molecule has 0 unspecified atom stereocenters. The molecule has 0 amide bonds. The van der Waals surface area contributed by atoms with Crippen molar-refractivity contribution in [1.82, 2.24) is 0 Å². The van der Waals surface area contributed by atoms with E-state index in [1.165, 1.54) is 0 Å². The molecule has 0 bridgehead atoms. The van der Waals surface area contributed by atoms with Crippen LogP contribution in [-0.4, -0.2) is 18.3 Å². The zero-order chi connectivity index (χ0) is 10.8. The maximum absolute atomic E-state index is 5.80. The second-order valence-corrected chi connectivity index (χ2v) is 4.84. The van der Waals surface area contributed by atoms with Crippen LogP contribution in [0.15, 0.2) is 12.1 Å². The molecule has 0 atom stereocenters. The fourth-order valence-electron chi connectivity index (χ4n) is 1.34. The Bertz CT molecular complexity index is 205. The predicted octanol–water partition coefficient (Wildman–Crippen LogP) is 2.97. The van der Waals surface area contributed by atoms with E-state index in [2.05, 4.69) is 40.7 Å². The van der Waals surface area contributed by atoms with E-state index in [1.807, 2.05) is 5.98 Å². The number of unbranched alkanes of at least 4 members (excludes halogenated alkanes) is 1. The molecule has 1 heterocycles. The molecule has 0 N–H and O–H groups in total. The van der Waals surface area contributed by atoms with Gasteiger partial charge in [-0.1, -0.05) is 25.4 Å². The summed E-state index contributed by atoms with van der Waals surface area (Å²) in [6, 6.07) is 0. The molecule has 0 aromatic heterocycles. The van der Waals surface area contributed by atoms with Gasteiger partial charge in [-0.05, 0) is 34.1 Å². The van der Waals surface area contributed by atoms with Crippen molar-refractivity contribution in [3.63, 3.8) is 0 Å². The van der Waals surface area contributed by atoms with E-state index in [0.29, 0.717) is 0 Å². The first kappa shape index (κ1) is 11.8. The van der Waals surface area contributed by atoms with Crippen LogP contribution in [0, 0.1) is 0 Å². The summed E-state index contributed by atoms with van der Waals surface area (Å²) >= 11 is 0. The fourth-order valence-corrected chi connectivity index (χ4v) is 1.34. The summed E-state index contributed by atoms with van der Waals surface area (Å²) in [6.07, 6.45) is 4.38. The number of rotatable bonds is 3. The van der Waals surface area contributed by atoms with Gasteiger partial charge >= 0.3 is 7.12 Å². The van der Waals surface area contributed by atoms with Gasteiger partial charge in [0.1, 0.15) is 0 Å². The summed E-state index contributed by atoms with van der Waals surface area (Å²) in [4.78, 5) is 0. The van der Waals surface area contributed by atoms with Crippen molar-refractivity contribution >= 4 is 7.12 Å². The SMILES string of the molecule is CCC/C=C/B1OC(C)(C)C(C)(C)O1. The molecule has 0 radical (unpaired) electrons. The topological polar surface area (TPSA) is 18.5 Å². The smallest absolute Gasteiger partial charge is 0.400 e. The minimum atomic E-state index is -0.214. The Morgan fingerprint density at radius 3 is 2.00 bits per heavy atom. The summed E-state index contributed by atoms with van der Waals surface area (Å²) < 4.78 is 11.6. The van der Waals surface area contributed by atoms with Gasteiger partial charge < -0.3 is 9.31 Å². The maximum atomic E-state index is 5.80. The molecule has 1 rings (SSSR count). The third-order valence-corrected chi connectivity index (χ3v) is 3.02. The van der Waals surface area contributed by atoms with E-state index < -0.39 is 0 Å². The molecule has 14 heavy (non-hydrogen) atoms. The van der Waals surface area contributed by atoms with Gasteiger partial charge in [0, 0.05) is 0 Å². The summed E-state index contributed by atoms with van der Waals surface area (Å²) in [5, 5.41) is 0. The zero-order valence-corrected chi connectivity index (χ0v) is 9.96. The van der Waals surface area contributed by atoms with Gasteiger partial charge in [-0.2, -0.15) is 0 Å². The Morgan fingerprint density at radius 1 is 1.07 bits per heavy atom. The molecule has 1 fully saturated rings. The Hall–Kier alpha value is -0.275. The summed E-state index contributed by atoms with van der Waals surface area (Å²) in [5.74, 6) is 2.01. The molecule has 1 aliphatic rings. The Labute approximate surface area is 87.8 Å². The van der Waals surface area contributed by atoms with Crippen LogP contribution in [0.2, 0.25) is 0 Å². The van der Waals surface area contributed by atoms with Crippen molar-refractivity contribution in [1.29, 1.82) is 0 Å². The Kier molecular flexibility index (Phi) is 3.43. The van der Waals surface area contributed by atoms with Crippen LogP contribution in [0.1, 0.15) is 47.5 Å². The first-order valence-corrected chi connectivity index (χ1v) is 5.41. The molecule has 0 aromatic rings. The highest BCUT2D eigenvalue weighted by Gasteiger charge is 2.49. The van der Waals surface area contributed by atoms with Crippen molar-refractivity contribution in [2.45, 2.75) is 58.7 Å². The number of allylic oxidation sites excluding steroid dienone is 1. The third kappa shape index (κ3) is 2.40. The normalized spacial score (nSPS) is 24.8. The zero-order valence-electron chi connectivity index (χ0n) is 9.96. The van der Waals surface area contributed by atoms with E-state index in [-0.39, 0.29) is 18.3 Å². The molecule has 1 saturated heterocycles. The second kappa shape index (κ2) is 4.07. The Balaban J connectivity index is 2.55. The molecule has 1 aliphatic heterocycles. The number of hydrogen-bond donors (Lipinski definition) is 0. The van der Waals surface area contributed by atoms with Gasteiger partial charge in [0.15, 0.2) is 0 Å². The van der Waals surface area contributed by atoms with E-state index in [9.17, 15) is 0 Å². The van der Waals surface area contributed by atoms with Crippen molar-refractivity contribution in [2.24, 2.45) is 0 Å². The second-order valence-electron chi connectivity index (χ2n) is 4.84. The van der Waals surface area contributed by atoms with Gasteiger partial charge in [-0.15, -0.1) is 0 Å². The van der Waals surface area contributed by atoms with Crippen molar-refractivity contribution in [3.05, 3.63) is 12.1 Å². The molecule has 3 heteroatoms. The minimum Gasteiger partial charge on any atom is -0.400 e. The van der Waals surface area contributed by atoms with E-state index >= 15 is 0 Å². The highest BCUT2D eigenvalue weighted by Crippen LogP contribution is 2.36. The molecular weight excluding hydrogens is 175 g/mol. The van der Waals surface area contributed by atoms with Gasteiger partial charge in [-0.3, -0.25) is 0 Å². The molecule has 0 spiro atoms. The van der Waals surface area contributed by atoms with E-state index in [1.54, 1.807) is 0 Å². The van der Waals surface area contributed by atoms with Crippen LogP contribution in [0.25, 0.3) is 0 Å². The predicted molar refractivity (Wildman–Crippen MR) is 60.1 cm³/mol. The molecular formula is C11H21BO2. The molecule has 2 nitrogen and oxygen atoms in total. The number of hydrogen-bond acceptors (Lipinski definition) is 2. The van der Waals surface area contributed by atoms with Crippen molar-refractivity contribution in [2.75, 3.05) is 0 Å². The lowest BCUT2D eigenvalue weighted by atomic mass is 9.89. The van der Waals surface area contributed by atoms with E-state index in [4.69, 9.17) is 9.31 Å². The summed E-state index contributed by atoms with van der Waals surface area (Å²) in [5.41, 5.74) is -0.428. The average molecular weight is 196 g/mol. The monoisotopic (exact) mass is 196 g/mol. The van der Waals surface area contributed by atoms with Gasteiger partial charge in [-0.25, -0.2) is 0 Å². The fraction of sp³-hybridized carbons (Fsp3) is 0.818. The quantitative estimate of drug-likeness (QED) is 0.646. The van der Waals surface area contributed by atoms with E-state index in [0.717, 1.165) is 12.8 Å². The van der Waals surface area contributed by atoms with Gasteiger partial charge in [0.05, 0.1) is 11.2 Å². The molecule has 0 aromatic carbocycles. The third-order valence-electron chi connectivity index (χ3n) is 3.02. The standard InChI is InChI=1S/C11H21BO2/c1-6-7-8-9-12-13-10(2,3)11(4,5)14-12/h8-9H,6-7H2,1-5H3/b9-8+. The lowest BCUT2D eigenvalue weighted by Crippen LogP contribution is -2.41. The molecule has 0 saturated carbocycles. The van der Waals surface area contributed by atoms with Gasteiger partial charge in [0.2, 0.25) is 0 Å². The van der Waals surface area contributed by atoms with Crippen LogP contribution in [0.3, 0.4) is 0 Å². The largest absolute Gasteiger partial charge is 0.486 e. The van der Waals surface area contributed by atoms with Crippen LogP contribution >= 0.6 is 0 Å². The molecule has 80 valence electrons. The average Bonchev–Trinajstić information content (AvgIpc) is 2.21. The highest BCUT2D eigenvalue weighted by molar-refractivity contribution is 6.51. The van der Waals surface area contributed by atoms with Gasteiger partial charge in [0.25, 0.3) is 0 Å². The first-order valence-electron chi connectivity index (χ1n) is 5.41. The van der Waals surface area contributed by atoms with Crippen molar-refractivity contribution in [3.8, 4) is 0 Å². The summed E-state index contributed by atoms with van der Waals surface area (Å²) in [7, 11) is -0.174. The van der Waals surface area contributed by atoms with Crippen molar-refractivity contribution < 1.29 is 9.31 Å². The first-order chi connectivity index (χ1) is 6.39. The lowest BCUT2D eigenvalue weighted by Gasteiger charge is -2.32. The molecule has 0 aliphatic carbocycles. The van der Waals surface area contributed by atoms with Crippen LogP contribution in [0.5, 0.6) is 0 Å². The van der Waals surface area contributed by atoms with Crippen LogP contribution in [0.4, 0.5) is 0 Å². The van der Waals surface area contributed by atoms with Crippen LogP contribution in [-0.2, 0) is 9.31 Å². The summed E-state index contributed by atoms with van der Waals surface area (Å²) in [6.45, 7) is 10.4.